The van der Waals surface area contributed by atoms with Crippen LogP contribution in [0.4, 0.5) is 0 Å². The van der Waals surface area contributed by atoms with Gasteiger partial charge >= 0.3 is 0 Å². The van der Waals surface area contributed by atoms with Crippen molar-refractivity contribution >= 4 is 0 Å². The van der Waals surface area contributed by atoms with Gasteiger partial charge in [-0.05, 0) is 36.6 Å². The number of aliphatic hydroxyl groups is 2. The molecule has 0 amide bonds. The highest BCUT2D eigenvalue weighted by molar-refractivity contribution is 5.70. The molecular weight excluding hydrogens is 254 g/mol. The average Bonchev–Trinajstić information content (AvgIpc) is 2.46. The van der Waals surface area contributed by atoms with E-state index >= 15 is 0 Å². The number of rotatable bonds is 5. The fraction of sp³-hybridized carbons (Fsp3) is 0.312. The number of pyridine rings is 1. The summed E-state index contributed by atoms with van der Waals surface area (Å²) in [4.78, 5) is 4.39. The molecule has 0 aliphatic heterocycles. The summed E-state index contributed by atoms with van der Waals surface area (Å²) >= 11 is 0. The van der Waals surface area contributed by atoms with Gasteiger partial charge in [0.25, 0.3) is 0 Å². The van der Waals surface area contributed by atoms with Gasteiger partial charge < -0.3 is 14.9 Å². The molecule has 0 aliphatic rings. The number of hydrogen-bond acceptors (Lipinski definition) is 4. The predicted octanol–water partition coefficient (Wildman–Crippen LogP) is 2.23. The number of nitrogens with zero attached hydrogens (tertiary/aromatic N) is 1. The van der Waals surface area contributed by atoms with Crippen LogP contribution in [-0.2, 0) is 6.61 Å². The van der Waals surface area contributed by atoms with E-state index in [-0.39, 0.29) is 19.8 Å². The Hall–Kier alpha value is -1.91. The lowest BCUT2D eigenvalue weighted by molar-refractivity contribution is 0.196. The first kappa shape index (κ1) is 14.5. The Kier molecular flexibility index (Phi) is 4.71. The standard InChI is InChI=1S/C16H19NO3/c1-11-13(10-19)4-3-5-14(11)15-6-7-16(17-12(15)2)20-9-8-18/h3-7,18-19H,8-10H2,1-2H3. The largest absolute Gasteiger partial charge is 0.475 e. The zero-order chi connectivity index (χ0) is 14.5. The zero-order valence-corrected chi connectivity index (χ0v) is 11.8. The molecule has 0 saturated heterocycles. The van der Waals surface area contributed by atoms with Crippen molar-refractivity contribution in [2.24, 2.45) is 0 Å². The third-order valence-corrected chi connectivity index (χ3v) is 3.31. The molecule has 1 heterocycles. The van der Waals surface area contributed by atoms with Gasteiger partial charge in [0.15, 0.2) is 0 Å². The second-order valence-corrected chi connectivity index (χ2v) is 4.60. The van der Waals surface area contributed by atoms with Crippen LogP contribution < -0.4 is 4.74 Å². The Morgan fingerprint density at radius 3 is 2.50 bits per heavy atom. The van der Waals surface area contributed by atoms with E-state index < -0.39 is 0 Å². The van der Waals surface area contributed by atoms with E-state index in [2.05, 4.69) is 4.98 Å². The Morgan fingerprint density at radius 1 is 1.05 bits per heavy atom. The monoisotopic (exact) mass is 273 g/mol. The summed E-state index contributed by atoms with van der Waals surface area (Å²) < 4.78 is 5.30. The Bertz CT molecular complexity index is 596. The molecule has 2 N–H and O–H groups in total. The Labute approximate surface area is 118 Å². The molecule has 2 aromatic rings. The number of benzene rings is 1. The van der Waals surface area contributed by atoms with Crippen molar-refractivity contribution in [3.63, 3.8) is 0 Å². The lowest BCUT2D eigenvalue weighted by atomic mass is 9.96. The van der Waals surface area contributed by atoms with Crippen LogP contribution in [0, 0.1) is 13.8 Å². The van der Waals surface area contributed by atoms with Gasteiger partial charge in [-0.15, -0.1) is 0 Å². The SMILES string of the molecule is Cc1nc(OCCO)ccc1-c1cccc(CO)c1C. The van der Waals surface area contributed by atoms with Gasteiger partial charge in [-0.2, -0.15) is 0 Å². The summed E-state index contributed by atoms with van der Waals surface area (Å²) in [6.45, 7) is 4.16. The summed E-state index contributed by atoms with van der Waals surface area (Å²) in [7, 11) is 0. The van der Waals surface area contributed by atoms with Crippen LogP contribution in [0.1, 0.15) is 16.8 Å². The molecule has 1 aromatic heterocycles. The van der Waals surface area contributed by atoms with E-state index in [1.807, 2.05) is 38.1 Å². The van der Waals surface area contributed by atoms with Crippen molar-refractivity contribution in [1.29, 1.82) is 0 Å². The van der Waals surface area contributed by atoms with Crippen molar-refractivity contribution in [3.05, 3.63) is 47.2 Å². The molecule has 20 heavy (non-hydrogen) atoms. The molecule has 0 bridgehead atoms. The third kappa shape index (κ3) is 2.98. The number of aryl methyl sites for hydroxylation is 1. The van der Waals surface area contributed by atoms with Crippen LogP contribution in [0.5, 0.6) is 5.88 Å². The molecule has 0 unspecified atom stereocenters. The molecule has 0 radical (unpaired) electrons. The highest BCUT2D eigenvalue weighted by Gasteiger charge is 2.09. The molecule has 0 atom stereocenters. The van der Waals surface area contributed by atoms with E-state index in [4.69, 9.17) is 9.84 Å². The maximum atomic E-state index is 9.34. The first-order valence-electron chi connectivity index (χ1n) is 6.58. The maximum absolute atomic E-state index is 9.34. The first-order chi connectivity index (χ1) is 9.67. The summed E-state index contributed by atoms with van der Waals surface area (Å²) in [5, 5.41) is 18.1. The molecule has 2 rings (SSSR count). The van der Waals surface area contributed by atoms with Gasteiger partial charge in [-0.1, -0.05) is 18.2 Å². The molecule has 0 spiro atoms. The minimum absolute atomic E-state index is 0.0276. The van der Waals surface area contributed by atoms with Crippen LogP contribution in [0.2, 0.25) is 0 Å². The van der Waals surface area contributed by atoms with E-state index in [0.29, 0.717) is 5.88 Å². The van der Waals surface area contributed by atoms with Crippen LogP contribution in [0.25, 0.3) is 11.1 Å². The smallest absolute Gasteiger partial charge is 0.213 e. The predicted molar refractivity (Wildman–Crippen MR) is 77.7 cm³/mol. The molecule has 0 aliphatic carbocycles. The molecule has 4 heteroatoms. The summed E-state index contributed by atoms with van der Waals surface area (Å²) in [5.41, 5.74) is 4.93. The van der Waals surface area contributed by atoms with E-state index in [9.17, 15) is 5.11 Å². The molecular formula is C16H19NO3. The van der Waals surface area contributed by atoms with E-state index in [1.165, 1.54) is 0 Å². The Morgan fingerprint density at radius 2 is 1.85 bits per heavy atom. The maximum Gasteiger partial charge on any atom is 0.213 e. The number of aliphatic hydroxyl groups excluding tert-OH is 2. The average molecular weight is 273 g/mol. The van der Waals surface area contributed by atoms with Gasteiger partial charge in [-0.25, -0.2) is 4.98 Å². The van der Waals surface area contributed by atoms with Crippen molar-refractivity contribution < 1.29 is 14.9 Å². The summed E-state index contributed by atoms with van der Waals surface area (Å²) in [6, 6.07) is 9.62. The second-order valence-electron chi connectivity index (χ2n) is 4.60. The molecule has 4 nitrogen and oxygen atoms in total. The zero-order valence-electron chi connectivity index (χ0n) is 11.8. The third-order valence-electron chi connectivity index (χ3n) is 3.31. The minimum Gasteiger partial charge on any atom is -0.475 e. The van der Waals surface area contributed by atoms with Crippen LogP contribution in [0.15, 0.2) is 30.3 Å². The summed E-state index contributed by atoms with van der Waals surface area (Å²) in [5.74, 6) is 0.510. The molecule has 1 aromatic carbocycles. The van der Waals surface area contributed by atoms with Crippen molar-refractivity contribution in [3.8, 4) is 17.0 Å². The second kappa shape index (κ2) is 6.50. The van der Waals surface area contributed by atoms with Gasteiger partial charge in [0.2, 0.25) is 5.88 Å². The highest BCUT2D eigenvalue weighted by atomic mass is 16.5. The number of ether oxygens (including phenoxy) is 1. The van der Waals surface area contributed by atoms with Crippen molar-refractivity contribution in [2.45, 2.75) is 20.5 Å². The molecule has 106 valence electrons. The normalized spacial score (nSPS) is 10.6. The van der Waals surface area contributed by atoms with Crippen LogP contribution in [0.3, 0.4) is 0 Å². The van der Waals surface area contributed by atoms with Crippen LogP contribution >= 0.6 is 0 Å². The van der Waals surface area contributed by atoms with E-state index in [0.717, 1.165) is 27.9 Å². The topological polar surface area (TPSA) is 62.6 Å². The van der Waals surface area contributed by atoms with Gasteiger partial charge in [0.1, 0.15) is 6.61 Å². The molecule has 0 saturated carbocycles. The number of hydrogen-bond donors (Lipinski definition) is 2. The van der Waals surface area contributed by atoms with Crippen molar-refractivity contribution in [2.75, 3.05) is 13.2 Å². The van der Waals surface area contributed by atoms with Gasteiger partial charge in [0, 0.05) is 17.3 Å². The van der Waals surface area contributed by atoms with Crippen LogP contribution in [-0.4, -0.2) is 28.4 Å². The number of aromatic nitrogens is 1. The molecule has 0 fully saturated rings. The van der Waals surface area contributed by atoms with Crippen molar-refractivity contribution in [1.82, 2.24) is 4.98 Å². The van der Waals surface area contributed by atoms with E-state index in [1.54, 1.807) is 6.07 Å². The first-order valence-corrected chi connectivity index (χ1v) is 6.58. The summed E-state index contributed by atoms with van der Waals surface area (Å²) in [6.07, 6.45) is 0. The Balaban J connectivity index is 2.38. The van der Waals surface area contributed by atoms with Gasteiger partial charge in [-0.3, -0.25) is 0 Å². The minimum atomic E-state index is -0.0276. The quantitative estimate of drug-likeness (QED) is 0.877. The highest BCUT2D eigenvalue weighted by Crippen LogP contribution is 2.29. The van der Waals surface area contributed by atoms with Gasteiger partial charge in [0.05, 0.1) is 13.2 Å². The lowest BCUT2D eigenvalue weighted by Crippen LogP contribution is -2.04. The fourth-order valence-electron chi connectivity index (χ4n) is 2.20. The lowest BCUT2D eigenvalue weighted by Gasteiger charge is -2.13. The fourth-order valence-corrected chi connectivity index (χ4v) is 2.20.